The minimum atomic E-state index is -0.572. The summed E-state index contributed by atoms with van der Waals surface area (Å²) >= 11 is 1.06. The monoisotopic (exact) mass is 409 g/mol. The summed E-state index contributed by atoms with van der Waals surface area (Å²) in [5.41, 5.74) is 0.696. The number of piperidine rings is 1. The highest BCUT2D eigenvalue weighted by atomic mass is 32.1. The number of likely N-dealkylation sites (tertiary alicyclic amines) is 1. The van der Waals surface area contributed by atoms with Gasteiger partial charge in [-0.25, -0.2) is 9.59 Å². The Kier molecular flexibility index (Phi) is 6.72. The van der Waals surface area contributed by atoms with Crippen LogP contribution in [0.1, 0.15) is 64.1 Å². The number of hydrogen-bond donors (Lipinski definition) is 2. The maximum Gasteiger partial charge on any atom is 0.348 e. The van der Waals surface area contributed by atoms with Gasteiger partial charge in [-0.15, -0.1) is 11.3 Å². The summed E-state index contributed by atoms with van der Waals surface area (Å²) in [4.78, 5) is 38.6. The molecule has 1 saturated heterocycles. The van der Waals surface area contributed by atoms with Gasteiger partial charge in [0.15, 0.2) is 6.54 Å². The van der Waals surface area contributed by atoms with Gasteiger partial charge < -0.3 is 19.7 Å². The van der Waals surface area contributed by atoms with Crippen molar-refractivity contribution in [2.75, 3.05) is 32.6 Å². The Bertz CT molecular complexity index is 758. The number of carbonyl (C=O) groups excluding carboxylic acids is 3. The summed E-state index contributed by atoms with van der Waals surface area (Å²) in [6.07, 6.45) is 7.43. The number of amides is 1. The van der Waals surface area contributed by atoms with Crippen LogP contribution in [0.5, 0.6) is 0 Å². The van der Waals surface area contributed by atoms with E-state index in [4.69, 9.17) is 9.47 Å². The fourth-order valence-corrected chi connectivity index (χ4v) is 5.83. The van der Waals surface area contributed by atoms with Gasteiger partial charge in [0.05, 0.1) is 32.4 Å². The summed E-state index contributed by atoms with van der Waals surface area (Å²) in [6, 6.07) is 0.559. The largest absolute Gasteiger partial charge is 0.465 e. The van der Waals surface area contributed by atoms with Crippen molar-refractivity contribution in [2.45, 2.75) is 51.5 Å². The Morgan fingerprint density at radius 1 is 1.07 bits per heavy atom. The number of anilines is 1. The summed E-state index contributed by atoms with van der Waals surface area (Å²) in [7, 11) is 2.57. The molecule has 28 heavy (non-hydrogen) atoms. The Morgan fingerprint density at radius 2 is 1.75 bits per heavy atom. The molecular weight excluding hydrogens is 380 g/mol. The van der Waals surface area contributed by atoms with Gasteiger partial charge >= 0.3 is 11.9 Å². The second-order valence-corrected chi connectivity index (χ2v) is 8.69. The lowest BCUT2D eigenvalue weighted by Gasteiger charge is -2.40. The van der Waals surface area contributed by atoms with Gasteiger partial charge in [-0.3, -0.25) is 4.79 Å². The minimum Gasteiger partial charge on any atom is -0.465 e. The molecule has 2 aliphatic rings. The van der Waals surface area contributed by atoms with Crippen molar-refractivity contribution < 1.29 is 28.8 Å². The van der Waals surface area contributed by atoms with E-state index in [1.807, 2.05) is 0 Å². The fraction of sp³-hybridized carbons (Fsp3) is 0.650. The molecule has 1 aliphatic carbocycles. The van der Waals surface area contributed by atoms with Gasteiger partial charge in [0.25, 0.3) is 5.91 Å². The van der Waals surface area contributed by atoms with E-state index >= 15 is 0 Å². The summed E-state index contributed by atoms with van der Waals surface area (Å²) in [6.45, 7) is 3.05. The molecule has 0 bridgehead atoms. The molecule has 7 nitrogen and oxygen atoms in total. The summed E-state index contributed by atoms with van der Waals surface area (Å²) < 4.78 is 9.63. The molecule has 1 aromatic heterocycles. The van der Waals surface area contributed by atoms with Crippen molar-refractivity contribution in [1.82, 2.24) is 0 Å². The molecule has 8 heteroatoms. The van der Waals surface area contributed by atoms with Crippen LogP contribution in [0.3, 0.4) is 0 Å². The highest BCUT2D eigenvalue weighted by Gasteiger charge is 2.37. The van der Waals surface area contributed by atoms with Gasteiger partial charge in [-0.1, -0.05) is 6.42 Å². The van der Waals surface area contributed by atoms with Gasteiger partial charge in [0, 0.05) is 5.92 Å². The first-order valence-electron chi connectivity index (χ1n) is 9.90. The van der Waals surface area contributed by atoms with Crippen LogP contribution in [-0.2, 0) is 14.3 Å². The van der Waals surface area contributed by atoms with E-state index in [1.54, 1.807) is 6.92 Å². The number of methoxy groups -OCH3 is 2. The molecule has 3 rings (SSSR count). The third-order valence-electron chi connectivity index (χ3n) is 6.05. The lowest BCUT2D eigenvalue weighted by atomic mass is 9.78. The Morgan fingerprint density at radius 3 is 2.46 bits per heavy atom. The molecule has 0 aromatic carbocycles. The van der Waals surface area contributed by atoms with Gasteiger partial charge in [-0.05, 0) is 44.6 Å². The first-order valence-corrected chi connectivity index (χ1v) is 10.7. The predicted octanol–water partition coefficient (Wildman–Crippen LogP) is 1.81. The molecule has 2 N–H and O–H groups in total. The van der Waals surface area contributed by atoms with Gasteiger partial charge in [-0.2, -0.15) is 0 Å². The van der Waals surface area contributed by atoms with Gasteiger partial charge in [0.2, 0.25) is 0 Å². The maximum atomic E-state index is 12.8. The zero-order valence-electron chi connectivity index (χ0n) is 16.8. The Labute approximate surface area is 169 Å². The zero-order chi connectivity index (χ0) is 20.3. The average molecular weight is 410 g/mol. The molecule has 3 atom stereocenters. The first-order chi connectivity index (χ1) is 13.5. The molecule has 1 saturated carbocycles. The number of quaternary nitrogens is 1. The van der Waals surface area contributed by atoms with Crippen LogP contribution in [0, 0.1) is 12.8 Å². The number of nitrogens with one attached hydrogen (secondary N) is 2. The van der Waals surface area contributed by atoms with Crippen LogP contribution >= 0.6 is 11.3 Å². The Balaban J connectivity index is 1.76. The molecule has 154 valence electrons. The SMILES string of the molecule is COC(=O)c1sc(NC(=O)C[NH+]2CCC[C@@H]3CCCC[C@@H]32)c(C(=O)OC)c1C. The number of fused-ring (bicyclic) bond motifs is 1. The van der Waals surface area contributed by atoms with E-state index in [0.717, 1.165) is 30.2 Å². The second-order valence-electron chi connectivity index (χ2n) is 7.67. The van der Waals surface area contributed by atoms with Crippen LogP contribution in [0.15, 0.2) is 0 Å². The topological polar surface area (TPSA) is 86.1 Å². The molecule has 2 heterocycles. The summed E-state index contributed by atoms with van der Waals surface area (Å²) in [5.74, 6) is -0.508. The minimum absolute atomic E-state index is 0.135. The quantitative estimate of drug-likeness (QED) is 0.725. The second kappa shape index (κ2) is 9.05. The number of ether oxygens (including phenoxy) is 2. The van der Waals surface area contributed by atoms with Crippen LogP contribution < -0.4 is 10.2 Å². The molecule has 0 radical (unpaired) electrons. The highest BCUT2D eigenvalue weighted by Crippen LogP contribution is 2.34. The molecule has 0 spiro atoms. The molecule has 1 aliphatic heterocycles. The van der Waals surface area contributed by atoms with Crippen molar-refractivity contribution in [3.8, 4) is 0 Å². The fourth-order valence-electron chi connectivity index (χ4n) is 4.70. The van der Waals surface area contributed by atoms with E-state index in [-0.39, 0.29) is 11.5 Å². The molecule has 1 unspecified atom stereocenters. The van der Waals surface area contributed by atoms with Crippen molar-refractivity contribution >= 4 is 34.2 Å². The molecule has 1 amide bonds. The molecular formula is C20H29N2O5S+. The van der Waals surface area contributed by atoms with Crippen molar-refractivity contribution in [2.24, 2.45) is 5.92 Å². The lowest BCUT2D eigenvalue weighted by molar-refractivity contribution is -0.928. The van der Waals surface area contributed by atoms with Crippen molar-refractivity contribution in [3.63, 3.8) is 0 Å². The smallest absolute Gasteiger partial charge is 0.348 e. The Hall–Kier alpha value is -1.93. The number of thiophene rings is 1. The van der Waals surface area contributed by atoms with E-state index < -0.39 is 11.9 Å². The highest BCUT2D eigenvalue weighted by molar-refractivity contribution is 7.18. The number of rotatable bonds is 5. The van der Waals surface area contributed by atoms with E-state index in [9.17, 15) is 14.4 Å². The number of esters is 2. The standard InChI is InChI=1S/C20H28N2O5S/c1-12-16(19(24)26-2)18(28-17(12)20(25)27-3)21-15(23)11-22-10-6-8-13-7-4-5-9-14(13)22/h13-14H,4-11H2,1-3H3,(H,21,23)/p+1/t13-,14-/m0/s1. The summed E-state index contributed by atoms with van der Waals surface area (Å²) in [5, 5.41) is 3.21. The van der Waals surface area contributed by atoms with Crippen LogP contribution in [0.25, 0.3) is 0 Å². The molecule has 2 fully saturated rings. The van der Waals surface area contributed by atoms with Crippen LogP contribution in [0.4, 0.5) is 5.00 Å². The lowest BCUT2D eigenvalue weighted by Crippen LogP contribution is -3.18. The predicted molar refractivity (Wildman–Crippen MR) is 106 cm³/mol. The van der Waals surface area contributed by atoms with Gasteiger partial charge in [0.1, 0.15) is 9.88 Å². The van der Waals surface area contributed by atoms with Crippen LogP contribution in [-0.4, -0.2) is 51.2 Å². The van der Waals surface area contributed by atoms with Crippen LogP contribution in [0.2, 0.25) is 0 Å². The van der Waals surface area contributed by atoms with E-state index in [0.29, 0.717) is 28.0 Å². The first kappa shape index (κ1) is 20.8. The maximum absolute atomic E-state index is 12.8. The normalized spacial score (nSPS) is 24.2. The third-order valence-corrected chi connectivity index (χ3v) is 7.24. The molecule has 1 aromatic rings. The van der Waals surface area contributed by atoms with Crippen molar-refractivity contribution in [1.29, 1.82) is 0 Å². The van der Waals surface area contributed by atoms with E-state index in [1.165, 1.54) is 51.2 Å². The average Bonchev–Trinajstić information content (AvgIpc) is 3.02. The van der Waals surface area contributed by atoms with E-state index in [2.05, 4.69) is 5.32 Å². The third kappa shape index (κ3) is 4.22. The number of hydrogen-bond acceptors (Lipinski definition) is 6. The van der Waals surface area contributed by atoms with Crippen molar-refractivity contribution in [3.05, 3.63) is 16.0 Å². The zero-order valence-corrected chi connectivity index (χ0v) is 17.6. The number of carbonyl (C=O) groups is 3.